The molecule has 0 aliphatic carbocycles. The van der Waals surface area contributed by atoms with Crippen molar-refractivity contribution in [3.05, 3.63) is 24.3 Å². The highest BCUT2D eigenvalue weighted by Gasteiger charge is 2.43. The number of anilines is 1. The Labute approximate surface area is 135 Å². The van der Waals surface area contributed by atoms with Crippen LogP contribution in [0.2, 0.25) is 0 Å². The van der Waals surface area contributed by atoms with Crippen molar-refractivity contribution in [2.75, 3.05) is 24.6 Å². The molecule has 2 heterocycles. The summed E-state index contributed by atoms with van der Waals surface area (Å²) in [6.45, 7) is 3.79. The van der Waals surface area contributed by atoms with E-state index in [1.165, 1.54) is 4.90 Å². The van der Waals surface area contributed by atoms with E-state index in [-0.39, 0.29) is 24.3 Å². The molecule has 3 rings (SSSR count). The number of carbonyl (C=O) groups is 2. The van der Waals surface area contributed by atoms with E-state index >= 15 is 0 Å². The van der Waals surface area contributed by atoms with E-state index < -0.39 is 6.04 Å². The van der Waals surface area contributed by atoms with Gasteiger partial charge in [0, 0.05) is 13.1 Å². The number of rotatable bonds is 4. The van der Waals surface area contributed by atoms with Crippen LogP contribution >= 0.6 is 0 Å². The van der Waals surface area contributed by atoms with Crippen LogP contribution in [-0.4, -0.2) is 53.7 Å². The number of hydrogen-bond donors (Lipinski definition) is 1. The van der Waals surface area contributed by atoms with Crippen molar-refractivity contribution in [2.45, 2.75) is 38.3 Å². The quantitative estimate of drug-likeness (QED) is 0.844. The highest BCUT2D eigenvalue weighted by Crippen LogP contribution is 2.28. The molecule has 0 spiro atoms. The summed E-state index contributed by atoms with van der Waals surface area (Å²) in [6.07, 6.45) is 1.23. The standard InChI is InChI=1S/C17H22N2O4/c1-2-23-14-5-3-12(4-6-14)19-16(21)11-15(17(19)22)18-9-7-13(20)8-10-18/h3-6,13,15,20H,2,7-11H2,1H3/t15-/m0/s1. The molecule has 23 heavy (non-hydrogen) atoms. The number of likely N-dealkylation sites (tertiary alicyclic amines) is 1. The van der Waals surface area contributed by atoms with Crippen molar-refractivity contribution in [1.82, 2.24) is 4.90 Å². The second-order valence-corrected chi connectivity index (χ2v) is 5.98. The summed E-state index contributed by atoms with van der Waals surface area (Å²) in [6, 6.07) is 6.61. The predicted molar refractivity (Wildman–Crippen MR) is 85.3 cm³/mol. The smallest absolute Gasteiger partial charge is 0.251 e. The third-order valence-corrected chi connectivity index (χ3v) is 4.47. The molecular weight excluding hydrogens is 296 g/mol. The lowest BCUT2D eigenvalue weighted by atomic mass is 10.1. The average Bonchev–Trinajstić information content (AvgIpc) is 2.84. The minimum atomic E-state index is -0.401. The zero-order valence-corrected chi connectivity index (χ0v) is 13.3. The number of benzene rings is 1. The van der Waals surface area contributed by atoms with Crippen LogP contribution in [0.15, 0.2) is 24.3 Å². The highest BCUT2D eigenvalue weighted by atomic mass is 16.5. The monoisotopic (exact) mass is 318 g/mol. The first kappa shape index (κ1) is 16.0. The van der Waals surface area contributed by atoms with Gasteiger partial charge in [0.05, 0.1) is 30.9 Å². The Kier molecular flexibility index (Phi) is 4.63. The third-order valence-electron chi connectivity index (χ3n) is 4.47. The van der Waals surface area contributed by atoms with Crippen molar-refractivity contribution < 1.29 is 19.4 Å². The lowest BCUT2D eigenvalue weighted by Gasteiger charge is -2.32. The lowest BCUT2D eigenvalue weighted by Crippen LogP contribution is -2.46. The molecule has 1 N–H and O–H groups in total. The number of nitrogens with zero attached hydrogens (tertiary/aromatic N) is 2. The average molecular weight is 318 g/mol. The minimum absolute atomic E-state index is 0.171. The van der Waals surface area contributed by atoms with Crippen molar-refractivity contribution in [3.8, 4) is 5.75 Å². The zero-order chi connectivity index (χ0) is 16.4. The molecular formula is C17H22N2O4. The summed E-state index contributed by atoms with van der Waals surface area (Å²) in [5.74, 6) is 0.378. The fourth-order valence-corrected chi connectivity index (χ4v) is 3.23. The van der Waals surface area contributed by atoms with E-state index in [9.17, 15) is 14.7 Å². The van der Waals surface area contributed by atoms with Gasteiger partial charge in [-0.05, 0) is 44.0 Å². The molecule has 1 aromatic carbocycles. The number of carbonyl (C=O) groups excluding carboxylic acids is 2. The summed E-state index contributed by atoms with van der Waals surface area (Å²) in [4.78, 5) is 28.3. The first-order chi connectivity index (χ1) is 11.1. The van der Waals surface area contributed by atoms with Gasteiger partial charge in [0.2, 0.25) is 5.91 Å². The lowest BCUT2D eigenvalue weighted by molar-refractivity contribution is -0.123. The Morgan fingerprint density at radius 1 is 1.17 bits per heavy atom. The normalized spacial score (nSPS) is 23.6. The van der Waals surface area contributed by atoms with E-state index in [2.05, 4.69) is 0 Å². The van der Waals surface area contributed by atoms with Crippen LogP contribution in [0.3, 0.4) is 0 Å². The van der Waals surface area contributed by atoms with Crippen LogP contribution in [0.5, 0.6) is 5.75 Å². The van der Waals surface area contributed by atoms with Crippen molar-refractivity contribution >= 4 is 17.5 Å². The fraction of sp³-hybridized carbons (Fsp3) is 0.529. The van der Waals surface area contributed by atoms with E-state index in [4.69, 9.17) is 4.74 Å². The summed E-state index contributed by atoms with van der Waals surface area (Å²) < 4.78 is 5.38. The number of aliphatic hydroxyl groups excluding tert-OH is 1. The van der Waals surface area contributed by atoms with Gasteiger partial charge < -0.3 is 9.84 Å². The molecule has 0 bridgehead atoms. The zero-order valence-electron chi connectivity index (χ0n) is 13.3. The fourth-order valence-electron chi connectivity index (χ4n) is 3.23. The second kappa shape index (κ2) is 6.68. The topological polar surface area (TPSA) is 70.1 Å². The summed E-state index contributed by atoms with van der Waals surface area (Å²) >= 11 is 0. The Hall–Kier alpha value is -1.92. The third kappa shape index (κ3) is 3.23. The van der Waals surface area contributed by atoms with Gasteiger partial charge in [-0.3, -0.25) is 14.5 Å². The van der Waals surface area contributed by atoms with E-state index in [1.807, 2.05) is 11.8 Å². The van der Waals surface area contributed by atoms with Crippen LogP contribution in [-0.2, 0) is 9.59 Å². The molecule has 124 valence electrons. The molecule has 1 atom stereocenters. The Morgan fingerprint density at radius 2 is 1.83 bits per heavy atom. The molecule has 1 aromatic rings. The van der Waals surface area contributed by atoms with Gasteiger partial charge in [0.25, 0.3) is 5.91 Å². The van der Waals surface area contributed by atoms with Crippen molar-refractivity contribution in [1.29, 1.82) is 0 Å². The number of imide groups is 1. The van der Waals surface area contributed by atoms with Crippen LogP contribution in [0.25, 0.3) is 0 Å². The van der Waals surface area contributed by atoms with E-state index in [0.717, 1.165) is 5.75 Å². The van der Waals surface area contributed by atoms with Crippen LogP contribution in [0.4, 0.5) is 5.69 Å². The highest BCUT2D eigenvalue weighted by molar-refractivity contribution is 6.22. The number of piperidine rings is 1. The van der Waals surface area contributed by atoms with E-state index in [0.29, 0.717) is 38.2 Å². The number of amides is 2. The van der Waals surface area contributed by atoms with Crippen LogP contribution in [0.1, 0.15) is 26.2 Å². The summed E-state index contributed by atoms with van der Waals surface area (Å²) in [5, 5.41) is 9.59. The molecule has 2 aliphatic heterocycles. The van der Waals surface area contributed by atoms with Crippen LogP contribution < -0.4 is 9.64 Å². The van der Waals surface area contributed by atoms with Gasteiger partial charge in [0.15, 0.2) is 0 Å². The molecule has 2 fully saturated rings. The molecule has 2 saturated heterocycles. The second-order valence-electron chi connectivity index (χ2n) is 5.98. The SMILES string of the molecule is CCOc1ccc(N2C(=O)C[C@H](N3CCC(O)CC3)C2=O)cc1. The number of hydrogen-bond acceptors (Lipinski definition) is 5. The molecule has 0 radical (unpaired) electrons. The maximum absolute atomic E-state index is 12.7. The van der Waals surface area contributed by atoms with E-state index in [1.54, 1.807) is 24.3 Å². The molecule has 6 heteroatoms. The molecule has 2 amide bonds. The maximum atomic E-state index is 12.7. The van der Waals surface area contributed by atoms with Crippen molar-refractivity contribution in [2.24, 2.45) is 0 Å². The molecule has 2 aliphatic rings. The Bertz CT molecular complexity index is 579. The van der Waals surface area contributed by atoms with Gasteiger partial charge in [-0.1, -0.05) is 0 Å². The molecule has 0 saturated carbocycles. The minimum Gasteiger partial charge on any atom is -0.494 e. The first-order valence-electron chi connectivity index (χ1n) is 8.12. The van der Waals surface area contributed by atoms with Gasteiger partial charge in [-0.15, -0.1) is 0 Å². The maximum Gasteiger partial charge on any atom is 0.251 e. The largest absolute Gasteiger partial charge is 0.494 e. The van der Waals surface area contributed by atoms with Gasteiger partial charge in [-0.25, -0.2) is 4.90 Å². The number of ether oxygens (including phenoxy) is 1. The van der Waals surface area contributed by atoms with Gasteiger partial charge in [0.1, 0.15) is 5.75 Å². The van der Waals surface area contributed by atoms with Crippen LogP contribution in [0, 0.1) is 0 Å². The Balaban J connectivity index is 1.73. The Morgan fingerprint density at radius 3 is 2.43 bits per heavy atom. The molecule has 6 nitrogen and oxygen atoms in total. The predicted octanol–water partition coefficient (Wildman–Crippen LogP) is 1.17. The van der Waals surface area contributed by atoms with Gasteiger partial charge >= 0.3 is 0 Å². The molecule has 0 unspecified atom stereocenters. The summed E-state index contributed by atoms with van der Waals surface area (Å²) in [7, 11) is 0. The van der Waals surface area contributed by atoms with Gasteiger partial charge in [-0.2, -0.15) is 0 Å². The first-order valence-corrected chi connectivity index (χ1v) is 8.12. The molecule has 0 aromatic heterocycles. The number of aliphatic hydroxyl groups is 1. The summed E-state index contributed by atoms with van der Waals surface area (Å²) in [5.41, 5.74) is 0.586. The van der Waals surface area contributed by atoms with Crippen molar-refractivity contribution in [3.63, 3.8) is 0 Å².